The average Bonchev–Trinajstić information content (AvgIpc) is 2.33. The minimum atomic E-state index is 0.797. The van der Waals surface area contributed by atoms with Crippen LogP contribution in [0.25, 0.3) is 0 Å². The maximum absolute atomic E-state index is 3.93. The molecule has 0 fully saturated rings. The van der Waals surface area contributed by atoms with Gasteiger partial charge in [-0.15, -0.1) is 0 Å². The lowest BCUT2D eigenvalue weighted by molar-refractivity contribution is 0.694. The smallest absolute Gasteiger partial charge is 0.176 e. The summed E-state index contributed by atoms with van der Waals surface area (Å²) in [4.78, 5) is 6.82. The van der Waals surface area contributed by atoms with E-state index in [1.54, 1.807) is 0 Å². The Morgan fingerprint density at radius 3 is 3.44 bits per heavy atom. The van der Waals surface area contributed by atoms with E-state index in [4.69, 9.17) is 0 Å². The van der Waals surface area contributed by atoms with Crippen LogP contribution in [0.3, 0.4) is 0 Å². The minimum Gasteiger partial charge on any atom is -0.356 e. The van der Waals surface area contributed by atoms with Crippen LogP contribution in [0, 0.1) is 6.33 Å². The first-order valence-electron chi connectivity index (χ1n) is 2.86. The molecule has 3 N–H and O–H groups in total. The number of hydrogen-bond acceptors (Lipinski definition) is 3. The van der Waals surface area contributed by atoms with Gasteiger partial charge in [0.2, 0.25) is 0 Å². The maximum Gasteiger partial charge on any atom is 0.176 e. The van der Waals surface area contributed by atoms with Crippen molar-refractivity contribution in [2.24, 2.45) is 0 Å². The Morgan fingerprint density at radius 1 is 1.56 bits per heavy atom. The van der Waals surface area contributed by atoms with Crippen LogP contribution in [0.1, 0.15) is 5.69 Å². The molecule has 1 aromatic rings. The van der Waals surface area contributed by atoms with Crippen molar-refractivity contribution in [3.8, 4) is 0 Å². The van der Waals surface area contributed by atoms with E-state index < -0.39 is 0 Å². The second kappa shape index (κ2) is 1.73. The molecule has 0 unspecified atom stereocenters. The number of nitrogens with zero attached hydrogens (tertiary/aromatic N) is 1. The summed E-state index contributed by atoms with van der Waals surface area (Å²) < 4.78 is 0. The van der Waals surface area contributed by atoms with Crippen LogP contribution in [0.2, 0.25) is 0 Å². The Hall–Kier alpha value is -1.03. The number of hydrogen-bond donors (Lipinski definition) is 3. The monoisotopic (exact) mass is 123 g/mol. The second-order valence-electron chi connectivity index (χ2n) is 1.96. The van der Waals surface area contributed by atoms with Crippen molar-refractivity contribution < 1.29 is 0 Å². The van der Waals surface area contributed by atoms with Gasteiger partial charge in [0, 0.05) is 6.54 Å². The van der Waals surface area contributed by atoms with Gasteiger partial charge in [-0.1, -0.05) is 0 Å². The predicted molar refractivity (Wildman–Crippen MR) is 32.8 cm³/mol. The van der Waals surface area contributed by atoms with Crippen LogP contribution in [-0.2, 0) is 6.54 Å². The Morgan fingerprint density at radius 2 is 2.56 bits per heavy atom. The summed E-state index contributed by atoms with van der Waals surface area (Å²) in [6.07, 6.45) is 2.66. The molecule has 0 saturated carbocycles. The number of nitrogens with one attached hydrogen (secondary N) is 3. The first-order chi connectivity index (χ1) is 4.47. The molecule has 1 aliphatic heterocycles. The molecule has 47 valence electrons. The lowest BCUT2D eigenvalue weighted by Crippen LogP contribution is -2.27. The molecular weight excluding hydrogens is 116 g/mol. The number of anilines is 1. The highest BCUT2D eigenvalue weighted by Crippen LogP contribution is 2.09. The number of fused-ring (bicyclic) bond motifs is 1. The van der Waals surface area contributed by atoms with Gasteiger partial charge in [0.15, 0.2) is 6.33 Å². The molecule has 0 bridgehead atoms. The van der Waals surface area contributed by atoms with E-state index in [2.05, 4.69) is 26.9 Å². The van der Waals surface area contributed by atoms with Crippen molar-refractivity contribution in [3.63, 3.8) is 0 Å². The highest BCUT2D eigenvalue weighted by molar-refractivity contribution is 5.41. The largest absolute Gasteiger partial charge is 0.356 e. The molecule has 4 nitrogen and oxygen atoms in total. The zero-order valence-corrected chi connectivity index (χ0v) is 4.86. The second-order valence-corrected chi connectivity index (χ2v) is 1.96. The molecule has 1 aromatic heterocycles. The Balaban J connectivity index is 2.39. The summed E-state index contributed by atoms with van der Waals surface area (Å²) in [5, 5.41) is 6.18. The van der Waals surface area contributed by atoms with Crippen LogP contribution in [-0.4, -0.2) is 16.6 Å². The first kappa shape index (κ1) is 4.81. The summed E-state index contributed by atoms with van der Waals surface area (Å²) in [6, 6.07) is 0. The van der Waals surface area contributed by atoms with Crippen LogP contribution >= 0.6 is 0 Å². The van der Waals surface area contributed by atoms with Crippen LogP contribution in [0.5, 0.6) is 0 Å². The van der Waals surface area contributed by atoms with Gasteiger partial charge >= 0.3 is 0 Å². The normalized spacial score (nSPS) is 16.4. The van der Waals surface area contributed by atoms with Crippen molar-refractivity contribution in [3.05, 3.63) is 12.0 Å². The van der Waals surface area contributed by atoms with Crippen LogP contribution in [0.4, 0.5) is 5.82 Å². The number of H-pyrrole nitrogens is 1. The Labute approximate surface area is 52.7 Å². The minimum absolute atomic E-state index is 0.797. The zero-order valence-electron chi connectivity index (χ0n) is 4.86. The Bertz CT molecular complexity index is 184. The summed E-state index contributed by atoms with van der Waals surface area (Å²) in [7, 11) is 0. The maximum atomic E-state index is 3.93. The Kier molecular flexibility index (Phi) is 0.927. The van der Waals surface area contributed by atoms with E-state index in [0.29, 0.717) is 0 Å². The van der Waals surface area contributed by atoms with E-state index in [0.717, 1.165) is 24.7 Å². The molecular formula is C5H7N4. The predicted octanol–water partition coefficient (Wildman–Crippen LogP) is -0.318. The number of aromatic amines is 1. The van der Waals surface area contributed by atoms with Gasteiger partial charge in [-0.2, -0.15) is 0 Å². The van der Waals surface area contributed by atoms with Gasteiger partial charge in [-0.3, -0.25) is 5.32 Å². The van der Waals surface area contributed by atoms with E-state index in [1.807, 2.05) is 0 Å². The molecule has 9 heavy (non-hydrogen) atoms. The zero-order chi connectivity index (χ0) is 6.10. The third kappa shape index (κ3) is 0.675. The van der Waals surface area contributed by atoms with Gasteiger partial charge in [-0.25, -0.2) is 4.98 Å². The van der Waals surface area contributed by atoms with Crippen molar-refractivity contribution in [1.29, 1.82) is 0 Å². The molecule has 0 aliphatic carbocycles. The van der Waals surface area contributed by atoms with Crippen molar-refractivity contribution >= 4 is 5.82 Å². The lowest BCUT2D eigenvalue weighted by atomic mass is 10.4. The van der Waals surface area contributed by atoms with E-state index >= 15 is 0 Å². The molecule has 0 saturated heterocycles. The van der Waals surface area contributed by atoms with Gasteiger partial charge < -0.3 is 10.3 Å². The third-order valence-corrected chi connectivity index (χ3v) is 1.34. The standard InChI is InChI=1S/C5H7N4/c1-4-5(8-2-6-1)9-3-7-4/h6,8H,1-2H2,(H,7,9). The van der Waals surface area contributed by atoms with E-state index in [1.165, 1.54) is 0 Å². The van der Waals surface area contributed by atoms with Crippen LogP contribution in [0.15, 0.2) is 0 Å². The summed E-state index contributed by atoms with van der Waals surface area (Å²) in [5.41, 5.74) is 1.08. The van der Waals surface area contributed by atoms with Crippen molar-refractivity contribution in [2.45, 2.75) is 6.54 Å². The highest BCUT2D eigenvalue weighted by Gasteiger charge is 2.07. The number of aromatic nitrogens is 2. The molecule has 1 aliphatic rings. The fourth-order valence-corrected chi connectivity index (χ4v) is 0.886. The van der Waals surface area contributed by atoms with E-state index in [9.17, 15) is 0 Å². The number of rotatable bonds is 0. The molecule has 2 heterocycles. The fourth-order valence-electron chi connectivity index (χ4n) is 0.886. The fraction of sp³-hybridized carbons (Fsp3) is 0.400. The molecule has 0 amide bonds. The summed E-state index contributed by atoms with van der Waals surface area (Å²) in [6.45, 7) is 1.66. The van der Waals surface area contributed by atoms with Crippen molar-refractivity contribution in [2.75, 3.05) is 12.0 Å². The average molecular weight is 123 g/mol. The van der Waals surface area contributed by atoms with Crippen LogP contribution < -0.4 is 10.6 Å². The molecule has 0 aromatic carbocycles. The topological polar surface area (TPSA) is 52.7 Å². The van der Waals surface area contributed by atoms with Gasteiger partial charge in [-0.05, 0) is 0 Å². The van der Waals surface area contributed by atoms with Gasteiger partial charge in [0.05, 0.1) is 12.4 Å². The van der Waals surface area contributed by atoms with Gasteiger partial charge in [0.25, 0.3) is 0 Å². The molecule has 0 spiro atoms. The quantitative estimate of drug-likeness (QED) is 0.443. The molecule has 0 atom stereocenters. The third-order valence-electron chi connectivity index (χ3n) is 1.34. The number of imidazole rings is 1. The summed E-state index contributed by atoms with van der Waals surface area (Å²) >= 11 is 0. The first-order valence-corrected chi connectivity index (χ1v) is 2.86. The molecule has 2 rings (SSSR count). The highest BCUT2D eigenvalue weighted by atomic mass is 15.2. The molecule has 4 heteroatoms. The lowest BCUT2D eigenvalue weighted by Gasteiger charge is -2.12. The van der Waals surface area contributed by atoms with Crippen molar-refractivity contribution in [1.82, 2.24) is 15.3 Å². The SMILES string of the molecule is [c]1nc2c([nH]1)CNCN2. The summed E-state index contributed by atoms with van der Waals surface area (Å²) in [5.74, 6) is 0.925. The molecule has 1 radical (unpaired) electrons. The van der Waals surface area contributed by atoms with Gasteiger partial charge in [0.1, 0.15) is 5.82 Å². The van der Waals surface area contributed by atoms with E-state index in [-0.39, 0.29) is 0 Å².